The van der Waals surface area contributed by atoms with Gasteiger partial charge in [-0.05, 0) is 40.6 Å². The highest BCUT2D eigenvalue weighted by atomic mass is 35.5. The Hall–Kier alpha value is -1.54. The summed E-state index contributed by atoms with van der Waals surface area (Å²) in [5.41, 5.74) is 1.77. The van der Waals surface area contributed by atoms with Crippen LogP contribution in [0.4, 0.5) is 5.69 Å². The van der Waals surface area contributed by atoms with Crippen LogP contribution in [-0.2, 0) is 18.3 Å². The Morgan fingerprint density at radius 3 is 2.72 bits per heavy atom. The lowest BCUT2D eigenvalue weighted by Crippen LogP contribution is -2.14. The standard InChI is InChI=1S/C16H14Cl2N4OS2/c1-22-14(4-10-2-3-24-8-10)20-21-16(22)25-9-15(23)19-13-6-11(17)5-12(18)7-13/h2-3,5-8H,4,9H2,1H3,(H,19,23). The van der Waals surface area contributed by atoms with Crippen molar-refractivity contribution in [1.29, 1.82) is 0 Å². The summed E-state index contributed by atoms with van der Waals surface area (Å²) >= 11 is 14.8. The summed E-state index contributed by atoms with van der Waals surface area (Å²) in [5.74, 6) is 0.919. The molecule has 1 N–H and O–H groups in total. The van der Waals surface area contributed by atoms with E-state index in [2.05, 4.69) is 27.0 Å². The molecule has 0 aliphatic carbocycles. The highest BCUT2D eigenvalue weighted by Crippen LogP contribution is 2.23. The normalized spacial score (nSPS) is 10.8. The molecule has 25 heavy (non-hydrogen) atoms. The van der Waals surface area contributed by atoms with Crippen molar-refractivity contribution in [1.82, 2.24) is 14.8 Å². The van der Waals surface area contributed by atoms with Gasteiger partial charge in [0.05, 0.1) is 5.75 Å². The molecule has 2 aromatic heterocycles. The van der Waals surface area contributed by atoms with Gasteiger partial charge in [0.1, 0.15) is 5.82 Å². The monoisotopic (exact) mass is 412 g/mol. The van der Waals surface area contributed by atoms with E-state index in [1.54, 1.807) is 29.5 Å². The van der Waals surface area contributed by atoms with Crippen LogP contribution in [0.2, 0.25) is 10.0 Å². The summed E-state index contributed by atoms with van der Waals surface area (Å²) in [6, 6.07) is 6.98. The molecule has 0 aliphatic rings. The van der Waals surface area contributed by atoms with E-state index in [9.17, 15) is 4.79 Å². The van der Waals surface area contributed by atoms with Gasteiger partial charge in [-0.2, -0.15) is 11.3 Å². The number of benzene rings is 1. The Morgan fingerprint density at radius 2 is 2.04 bits per heavy atom. The lowest BCUT2D eigenvalue weighted by atomic mass is 10.2. The number of aromatic nitrogens is 3. The van der Waals surface area contributed by atoms with Crippen LogP contribution in [0.5, 0.6) is 0 Å². The molecule has 1 amide bonds. The molecule has 0 radical (unpaired) electrons. The van der Waals surface area contributed by atoms with E-state index in [0.717, 1.165) is 12.2 Å². The lowest BCUT2D eigenvalue weighted by Gasteiger charge is -2.06. The summed E-state index contributed by atoms with van der Waals surface area (Å²) in [5, 5.41) is 16.9. The maximum atomic E-state index is 12.1. The molecular weight excluding hydrogens is 399 g/mol. The molecule has 0 aliphatic heterocycles. The fourth-order valence-corrected chi connectivity index (χ4v) is 4.08. The van der Waals surface area contributed by atoms with E-state index >= 15 is 0 Å². The summed E-state index contributed by atoms with van der Waals surface area (Å²) in [6.07, 6.45) is 0.723. The minimum absolute atomic E-state index is 0.161. The van der Waals surface area contributed by atoms with Crippen molar-refractivity contribution < 1.29 is 4.79 Å². The highest BCUT2D eigenvalue weighted by Gasteiger charge is 2.12. The van der Waals surface area contributed by atoms with Gasteiger partial charge in [0, 0.05) is 29.2 Å². The zero-order chi connectivity index (χ0) is 17.8. The number of amides is 1. The number of thioether (sulfide) groups is 1. The van der Waals surface area contributed by atoms with E-state index in [-0.39, 0.29) is 11.7 Å². The number of halogens is 2. The van der Waals surface area contributed by atoms with Gasteiger partial charge in [0.15, 0.2) is 5.16 Å². The minimum atomic E-state index is -0.161. The molecule has 0 fully saturated rings. The Morgan fingerprint density at radius 1 is 1.28 bits per heavy atom. The average Bonchev–Trinajstić information content (AvgIpc) is 3.16. The third-order valence-corrected chi connectivity index (χ3v) is 5.53. The number of thiophene rings is 1. The first-order valence-electron chi connectivity index (χ1n) is 7.29. The fraction of sp³-hybridized carbons (Fsp3) is 0.188. The molecule has 0 bridgehead atoms. The van der Waals surface area contributed by atoms with Crippen molar-refractivity contribution in [2.24, 2.45) is 7.05 Å². The molecule has 0 spiro atoms. The largest absolute Gasteiger partial charge is 0.325 e. The molecule has 1 aromatic carbocycles. The first kappa shape index (κ1) is 18.3. The van der Waals surface area contributed by atoms with Crippen molar-refractivity contribution in [2.45, 2.75) is 11.6 Å². The molecule has 130 valence electrons. The molecule has 3 aromatic rings. The van der Waals surface area contributed by atoms with E-state index in [1.165, 1.54) is 17.3 Å². The first-order valence-corrected chi connectivity index (χ1v) is 9.98. The van der Waals surface area contributed by atoms with Gasteiger partial charge in [0.25, 0.3) is 0 Å². The van der Waals surface area contributed by atoms with Gasteiger partial charge in [-0.1, -0.05) is 35.0 Å². The number of nitrogens with one attached hydrogen (secondary N) is 1. The van der Waals surface area contributed by atoms with Crippen LogP contribution in [0.25, 0.3) is 0 Å². The smallest absolute Gasteiger partial charge is 0.234 e. The van der Waals surface area contributed by atoms with E-state index < -0.39 is 0 Å². The Labute approximate surface area is 163 Å². The van der Waals surface area contributed by atoms with Crippen molar-refractivity contribution in [3.05, 3.63) is 56.5 Å². The molecule has 0 atom stereocenters. The summed E-state index contributed by atoms with van der Waals surface area (Å²) in [7, 11) is 1.90. The third kappa shape index (κ3) is 4.98. The van der Waals surface area contributed by atoms with Gasteiger partial charge in [-0.3, -0.25) is 4.79 Å². The first-order chi connectivity index (χ1) is 12.0. The highest BCUT2D eigenvalue weighted by molar-refractivity contribution is 7.99. The second-order valence-corrected chi connectivity index (χ2v) is 7.86. The van der Waals surface area contributed by atoms with Crippen molar-refractivity contribution >= 4 is 57.9 Å². The number of hydrogen-bond donors (Lipinski definition) is 1. The Balaban J connectivity index is 1.58. The molecule has 2 heterocycles. The molecule has 5 nitrogen and oxygen atoms in total. The zero-order valence-electron chi connectivity index (χ0n) is 13.2. The lowest BCUT2D eigenvalue weighted by molar-refractivity contribution is -0.113. The Bertz CT molecular complexity index is 860. The third-order valence-electron chi connectivity index (χ3n) is 3.35. The van der Waals surface area contributed by atoms with E-state index in [0.29, 0.717) is 20.9 Å². The molecule has 9 heteroatoms. The number of nitrogens with zero attached hydrogens (tertiary/aromatic N) is 3. The Kier molecular flexibility index (Phi) is 6.01. The number of hydrogen-bond acceptors (Lipinski definition) is 5. The molecule has 0 unspecified atom stereocenters. The quantitative estimate of drug-likeness (QED) is 0.605. The van der Waals surface area contributed by atoms with Crippen LogP contribution in [0.1, 0.15) is 11.4 Å². The van der Waals surface area contributed by atoms with Crippen LogP contribution in [0.15, 0.2) is 40.2 Å². The second kappa shape index (κ2) is 8.23. The molecular formula is C16H14Cl2N4OS2. The number of rotatable bonds is 6. The van der Waals surface area contributed by atoms with Crippen LogP contribution in [0, 0.1) is 0 Å². The number of anilines is 1. The number of carbonyl (C=O) groups excluding carboxylic acids is 1. The van der Waals surface area contributed by atoms with E-state index in [1.807, 2.05) is 17.0 Å². The van der Waals surface area contributed by atoms with Crippen LogP contribution in [-0.4, -0.2) is 26.4 Å². The summed E-state index contributed by atoms with van der Waals surface area (Å²) in [4.78, 5) is 12.1. The topological polar surface area (TPSA) is 59.8 Å². The van der Waals surface area contributed by atoms with Crippen molar-refractivity contribution in [3.8, 4) is 0 Å². The van der Waals surface area contributed by atoms with Gasteiger partial charge in [0.2, 0.25) is 5.91 Å². The zero-order valence-corrected chi connectivity index (χ0v) is 16.3. The van der Waals surface area contributed by atoms with Gasteiger partial charge in [-0.25, -0.2) is 0 Å². The summed E-state index contributed by atoms with van der Waals surface area (Å²) in [6.45, 7) is 0. The average molecular weight is 413 g/mol. The van der Waals surface area contributed by atoms with Crippen molar-refractivity contribution in [3.63, 3.8) is 0 Å². The van der Waals surface area contributed by atoms with Crippen LogP contribution >= 0.6 is 46.3 Å². The maximum absolute atomic E-state index is 12.1. The van der Waals surface area contributed by atoms with Crippen molar-refractivity contribution in [2.75, 3.05) is 11.1 Å². The second-order valence-electron chi connectivity index (χ2n) is 5.26. The predicted molar refractivity (Wildman–Crippen MR) is 104 cm³/mol. The van der Waals surface area contributed by atoms with Gasteiger partial charge in [-0.15, -0.1) is 10.2 Å². The summed E-state index contributed by atoms with van der Waals surface area (Å²) < 4.78 is 1.91. The minimum Gasteiger partial charge on any atom is -0.325 e. The van der Waals surface area contributed by atoms with Gasteiger partial charge < -0.3 is 9.88 Å². The van der Waals surface area contributed by atoms with Crippen LogP contribution in [0.3, 0.4) is 0 Å². The predicted octanol–water partition coefficient (Wildman–Crippen LogP) is 4.51. The van der Waals surface area contributed by atoms with Crippen LogP contribution < -0.4 is 5.32 Å². The maximum Gasteiger partial charge on any atom is 0.234 e. The SMILES string of the molecule is Cn1c(Cc2ccsc2)nnc1SCC(=O)Nc1cc(Cl)cc(Cl)c1. The van der Waals surface area contributed by atoms with E-state index in [4.69, 9.17) is 23.2 Å². The molecule has 0 saturated heterocycles. The van der Waals surface area contributed by atoms with Gasteiger partial charge >= 0.3 is 0 Å². The molecule has 3 rings (SSSR count). The number of carbonyl (C=O) groups is 1. The fourth-order valence-electron chi connectivity index (χ4n) is 2.15. The molecule has 0 saturated carbocycles.